The van der Waals surface area contributed by atoms with Gasteiger partial charge in [0.1, 0.15) is 0 Å². The third kappa shape index (κ3) is 1.42. The van der Waals surface area contributed by atoms with Gasteiger partial charge in [-0.05, 0) is 12.1 Å². The van der Waals surface area contributed by atoms with Gasteiger partial charge in [0, 0.05) is 24.7 Å². The molecule has 3 N–H and O–H groups in total. The van der Waals surface area contributed by atoms with E-state index < -0.39 is 0 Å². The Kier molecular flexibility index (Phi) is 2.33. The van der Waals surface area contributed by atoms with Gasteiger partial charge in [-0.25, -0.2) is 0 Å². The van der Waals surface area contributed by atoms with E-state index in [4.69, 9.17) is 5.73 Å². The van der Waals surface area contributed by atoms with Crippen LogP contribution in [0.1, 0.15) is 5.69 Å². The Hall–Kier alpha value is -1.61. The molecule has 1 heterocycles. The Morgan fingerprint density at radius 2 is 2.14 bits per heavy atom. The topological polar surface area (TPSA) is 50.9 Å². The second-order valence-corrected chi connectivity index (χ2v) is 3.13. The van der Waals surface area contributed by atoms with Crippen LogP contribution in [0, 0.1) is 0 Å². The molecule has 0 saturated heterocycles. The Bertz CT molecular complexity index is 451. The van der Waals surface area contributed by atoms with E-state index in [1.165, 1.54) is 0 Å². The molecule has 1 aromatic carbocycles. The van der Waals surface area contributed by atoms with Crippen LogP contribution >= 0.6 is 0 Å². The van der Waals surface area contributed by atoms with Crippen molar-refractivity contribution >= 4 is 16.6 Å². The van der Waals surface area contributed by atoms with Gasteiger partial charge in [-0.15, -0.1) is 0 Å². The fourth-order valence-electron chi connectivity index (χ4n) is 1.54. The number of fused-ring (bicyclic) bond motifs is 1. The van der Waals surface area contributed by atoms with E-state index in [9.17, 15) is 0 Å². The monoisotopic (exact) mass is 187 g/mol. The van der Waals surface area contributed by atoms with Crippen LogP contribution in [0.15, 0.2) is 30.3 Å². The summed E-state index contributed by atoms with van der Waals surface area (Å²) in [5.41, 5.74) is 8.55. The highest BCUT2D eigenvalue weighted by atomic mass is 14.8. The fourth-order valence-corrected chi connectivity index (χ4v) is 1.54. The molecule has 0 atom stereocenters. The molecule has 0 aliphatic carbocycles. The lowest BCUT2D eigenvalue weighted by molar-refractivity contribution is 1.01. The second kappa shape index (κ2) is 3.64. The molecule has 0 saturated carbocycles. The van der Waals surface area contributed by atoms with Crippen molar-refractivity contribution in [3.8, 4) is 0 Å². The molecule has 2 aromatic rings. The third-order valence-electron chi connectivity index (χ3n) is 2.25. The second-order valence-electron chi connectivity index (χ2n) is 3.13. The molecular weight excluding hydrogens is 174 g/mol. The molecular formula is C11H13N3. The van der Waals surface area contributed by atoms with Crippen LogP contribution in [-0.4, -0.2) is 12.0 Å². The minimum atomic E-state index is 0.472. The third-order valence-corrected chi connectivity index (χ3v) is 2.25. The van der Waals surface area contributed by atoms with Crippen molar-refractivity contribution in [2.75, 3.05) is 12.4 Å². The van der Waals surface area contributed by atoms with E-state index in [2.05, 4.69) is 16.4 Å². The summed E-state index contributed by atoms with van der Waals surface area (Å²) in [6.45, 7) is 0.472. The lowest BCUT2D eigenvalue weighted by Gasteiger charge is -2.07. The maximum Gasteiger partial charge on any atom is 0.0726 e. The largest absolute Gasteiger partial charge is 0.388 e. The minimum absolute atomic E-state index is 0.472. The first-order valence-corrected chi connectivity index (χ1v) is 4.61. The molecule has 0 aliphatic heterocycles. The lowest BCUT2D eigenvalue weighted by Crippen LogP contribution is -2.01. The Morgan fingerprint density at radius 1 is 1.36 bits per heavy atom. The Labute approximate surface area is 83.0 Å². The number of nitrogens with two attached hydrogens (primary N) is 1. The number of para-hydroxylation sites is 1. The van der Waals surface area contributed by atoms with Crippen molar-refractivity contribution in [3.63, 3.8) is 0 Å². The van der Waals surface area contributed by atoms with E-state index in [0.717, 1.165) is 22.3 Å². The molecule has 2 rings (SSSR count). The molecule has 0 radical (unpaired) electrons. The van der Waals surface area contributed by atoms with Gasteiger partial charge in [0.25, 0.3) is 0 Å². The van der Waals surface area contributed by atoms with Crippen LogP contribution in [0.4, 0.5) is 5.69 Å². The van der Waals surface area contributed by atoms with E-state index in [-0.39, 0.29) is 0 Å². The molecule has 0 amide bonds. The average Bonchev–Trinajstić information content (AvgIpc) is 2.27. The maximum absolute atomic E-state index is 5.57. The fraction of sp³-hybridized carbons (Fsp3) is 0.182. The highest BCUT2D eigenvalue weighted by Crippen LogP contribution is 2.22. The smallest absolute Gasteiger partial charge is 0.0726 e. The van der Waals surface area contributed by atoms with Crippen LogP contribution < -0.4 is 11.1 Å². The summed E-state index contributed by atoms with van der Waals surface area (Å²) >= 11 is 0. The number of anilines is 1. The molecule has 1 aromatic heterocycles. The molecule has 0 aliphatic rings. The summed E-state index contributed by atoms with van der Waals surface area (Å²) in [4.78, 5) is 4.44. The zero-order valence-corrected chi connectivity index (χ0v) is 8.12. The van der Waals surface area contributed by atoms with Crippen molar-refractivity contribution in [2.24, 2.45) is 5.73 Å². The van der Waals surface area contributed by atoms with E-state index in [1.807, 2.05) is 31.3 Å². The first kappa shape index (κ1) is 8.97. The molecule has 3 heteroatoms. The average molecular weight is 187 g/mol. The molecule has 0 fully saturated rings. The highest BCUT2D eigenvalue weighted by molar-refractivity contribution is 5.91. The number of aromatic nitrogens is 1. The normalized spacial score (nSPS) is 10.4. The molecule has 0 spiro atoms. The summed E-state index contributed by atoms with van der Waals surface area (Å²) in [6, 6.07) is 10.0. The standard InChI is InChI=1S/C11H13N3/c1-13-11-6-8(7-12)14-10-5-3-2-4-9(10)11/h2-6H,7,12H2,1H3,(H,13,14). The lowest BCUT2D eigenvalue weighted by atomic mass is 10.1. The van der Waals surface area contributed by atoms with Crippen molar-refractivity contribution in [3.05, 3.63) is 36.0 Å². The Balaban J connectivity index is 2.73. The van der Waals surface area contributed by atoms with Gasteiger partial charge in [-0.3, -0.25) is 4.98 Å². The van der Waals surface area contributed by atoms with Crippen molar-refractivity contribution < 1.29 is 0 Å². The van der Waals surface area contributed by atoms with Crippen molar-refractivity contribution in [1.29, 1.82) is 0 Å². The van der Waals surface area contributed by atoms with Crippen molar-refractivity contribution in [2.45, 2.75) is 6.54 Å². The number of nitrogens with zero attached hydrogens (tertiary/aromatic N) is 1. The maximum atomic E-state index is 5.57. The summed E-state index contributed by atoms with van der Waals surface area (Å²) in [7, 11) is 1.90. The van der Waals surface area contributed by atoms with Crippen molar-refractivity contribution in [1.82, 2.24) is 4.98 Å². The number of pyridine rings is 1. The van der Waals surface area contributed by atoms with Gasteiger partial charge in [0.15, 0.2) is 0 Å². The summed E-state index contributed by atoms with van der Waals surface area (Å²) in [5.74, 6) is 0. The van der Waals surface area contributed by atoms with Crippen LogP contribution in [0.3, 0.4) is 0 Å². The molecule has 0 unspecified atom stereocenters. The summed E-state index contributed by atoms with van der Waals surface area (Å²) in [5, 5.41) is 4.28. The zero-order chi connectivity index (χ0) is 9.97. The van der Waals surface area contributed by atoms with E-state index in [1.54, 1.807) is 0 Å². The quantitative estimate of drug-likeness (QED) is 0.752. The van der Waals surface area contributed by atoms with Gasteiger partial charge < -0.3 is 11.1 Å². The molecule has 72 valence electrons. The van der Waals surface area contributed by atoms with Gasteiger partial charge in [-0.2, -0.15) is 0 Å². The summed E-state index contributed by atoms with van der Waals surface area (Å²) < 4.78 is 0. The van der Waals surface area contributed by atoms with Crippen LogP contribution in [0.5, 0.6) is 0 Å². The summed E-state index contributed by atoms with van der Waals surface area (Å²) in [6.07, 6.45) is 0. The highest BCUT2D eigenvalue weighted by Gasteiger charge is 2.02. The number of benzene rings is 1. The number of hydrogen-bond donors (Lipinski definition) is 2. The van der Waals surface area contributed by atoms with Crippen LogP contribution in [0.2, 0.25) is 0 Å². The number of hydrogen-bond acceptors (Lipinski definition) is 3. The zero-order valence-electron chi connectivity index (χ0n) is 8.12. The predicted molar refractivity (Wildman–Crippen MR) is 59.2 cm³/mol. The van der Waals surface area contributed by atoms with Gasteiger partial charge in [0.05, 0.1) is 11.2 Å². The van der Waals surface area contributed by atoms with Crippen LogP contribution in [0.25, 0.3) is 10.9 Å². The Morgan fingerprint density at radius 3 is 2.86 bits per heavy atom. The SMILES string of the molecule is CNc1cc(CN)nc2ccccc12. The number of rotatable bonds is 2. The molecule has 0 bridgehead atoms. The number of nitrogens with one attached hydrogen (secondary N) is 1. The van der Waals surface area contributed by atoms with E-state index >= 15 is 0 Å². The minimum Gasteiger partial charge on any atom is -0.388 e. The predicted octanol–water partition coefficient (Wildman–Crippen LogP) is 1.74. The van der Waals surface area contributed by atoms with Gasteiger partial charge in [0.2, 0.25) is 0 Å². The van der Waals surface area contributed by atoms with E-state index in [0.29, 0.717) is 6.54 Å². The molecule has 3 nitrogen and oxygen atoms in total. The first-order chi connectivity index (χ1) is 6.85. The van der Waals surface area contributed by atoms with Gasteiger partial charge >= 0.3 is 0 Å². The first-order valence-electron chi connectivity index (χ1n) is 4.61. The van der Waals surface area contributed by atoms with Crippen LogP contribution in [-0.2, 0) is 6.54 Å². The van der Waals surface area contributed by atoms with Gasteiger partial charge in [-0.1, -0.05) is 18.2 Å². The molecule has 14 heavy (non-hydrogen) atoms.